The van der Waals surface area contributed by atoms with Crippen LogP contribution in [0.2, 0.25) is 5.02 Å². The van der Waals surface area contributed by atoms with E-state index in [1.807, 2.05) is 54.6 Å². The van der Waals surface area contributed by atoms with Crippen LogP contribution in [0.3, 0.4) is 0 Å². The molecule has 0 aliphatic carbocycles. The predicted molar refractivity (Wildman–Crippen MR) is 121 cm³/mol. The Morgan fingerprint density at radius 3 is 2.70 bits per heavy atom. The van der Waals surface area contributed by atoms with Crippen molar-refractivity contribution in [2.75, 3.05) is 26.3 Å². The molecule has 3 rings (SSSR count). The molecule has 6 heteroatoms. The Bertz CT molecular complexity index is 813. The molecule has 162 valence electrons. The minimum Gasteiger partial charge on any atom is -0.390 e. The summed E-state index contributed by atoms with van der Waals surface area (Å²) < 4.78 is 5.62. The topological polar surface area (TPSA) is 54.3 Å². The van der Waals surface area contributed by atoms with Gasteiger partial charge in [-0.25, -0.2) is 0 Å². The van der Waals surface area contributed by atoms with E-state index < -0.39 is 6.10 Å². The van der Waals surface area contributed by atoms with Gasteiger partial charge in [0.05, 0.1) is 18.4 Å². The van der Waals surface area contributed by atoms with E-state index in [1.54, 1.807) is 0 Å². The molecule has 1 aliphatic rings. The Kier molecular flexibility index (Phi) is 8.70. The van der Waals surface area contributed by atoms with E-state index in [0.29, 0.717) is 43.8 Å². The quantitative estimate of drug-likeness (QED) is 0.575. The SMILES string of the molecule is CC(C)COC[C@@H](O)CN(Cc1cccc(Cl)c1)C[C@H]1CC(c2ccccc2)=NO1. The van der Waals surface area contributed by atoms with Crippen LogP contribution in [-0.2, 0) is 16.1 Å². The highest BCUT2D eigenvalue weighted by Crippen LogP contribution is 2.19. The largest absolute Gasteiger partial charge is 0.390 e. The van der Waals surface area contributed by atoms with Crippen LogP contribution in [0.25, 0.3) is 0 Å². The molecule has 0 unspecified atom stereocenters. The molecule has 0 saturated heterocycles. The van der Waals surface area contributed by atoms with E-state index in [1.165, 1.54) is 0 Å². The summed E-state index contributed by atoms with van der Waals surface area (Å²) in [6.07, 6.45) is 0.123. The predicted octanol–water partition coefficient (Wildman–Crippen LogP) is 4.37. The highest BCUT2D eigenvalue weighted by Gasteiger charge is 2.25. The Morgan fingerprint density at radius 2 is 1.97 bits per heavy atom. The summed E-state index contributed by atoms with van der Waals surface area (Å²) in [5.41, 5.74) is 3.15. The third-order valence-electron chi connectivity index (χ3n) is 4.83. The van der Waals surface area contributed by atoms with Gasteiger partial charge in [0.15, 0.2) is 0 Å². The van der Waals surface area contributed by atoms with Crippen molar-refractivity contribution in [3.8, 4) is 0 Å². The zero-order valence-corrected chi connectivity index (χ0v) is 18.5. The first-order valence-electron chi connectivity index (χ1n) is 10.5. The number of ether oxygens (including phenoxy) is 1. The van der Waals surface area contributed by atoms with Crippen molar-refractivity contribution >= 4 is 17.3 Å². The van der Waals surface area contributed by atoms with Gasteiger partial charge in [0.25, 0.3) is 0 Å². The first kappa shape index (κ1) is 22.8. The minimum absolute atomic E-state index is 0.0526. The zero-order valence-electron chi connectivity index (χ0n) is 17.7. The molecule has 5 nitrogen and oxygen atoms in total. The molecule has 0 aromatic heterocycles. The number of nitrogens with zero attached hydrogens (tertiary/aromatic N) is 2. The fraction of sp³-hybridized carbons (Fsp3) is 0.458. The zero-order chi connectivity index (χ0) is 21.3. The van der Waals surface area contributed by atoms with Crippen LogP contribution in [0, 0.1) is 5.92 Å². The number of aliphatic hydroxyl groups excluding tert-OH is 1. The normalized spacial score (nSPS) is 17.3. The summed E-state index contributed by atoms with van der Waals surface area (Å²) in [7, 11) is 0. The molecule has 0 radical (unpaired) electrons. The van der Waals surface area contributed by atoms with Crippen molar-refractivity contribution in [1.29, 1.82) is 0 Å². The van der Waals surface area contributed by atoms with Crippen molar-refractivity contribution in [3.05, 3.63) is 70.7 Å². The number of oxime groups is 1. The molecule has 1 aliphatic heterocycles. The second-order valence-corrected chi connectivity index (χ2v) is 8.68. The maximum absolute atomic E-state index is 10.5. The van der Waals surface area contributed by atoms with Gasteiger partial charge >= 0.3 is 0 Å². The Balaban J connectivity index is 1.59. The van der Waals surface area contributed by atoms with Gasteiger partial charge in [0.2, 0.25) is 0 Å². The van der Waals surface area contributed by atoms with Crippen molar-refractivity contribution in [1.82, 2.24) is 4.90 Å². The summed E-state index contributed by atoms with van der Waals surface area (Å²) >= 11 is 6.16. The third kappa shape index (κ3) is 7.40. The van der Waals surface area contributed by atoms with Gasteiger partial charge in [0.1, 0.15) is 6.10 Å². The molecule has 0 spiro atoms. The smallest absolute Gasteiger partial charge is 0.145 e. The van der Waals surface area contributed by atoms with Crippen LogP contribution in [0.1, 0.15) is 31.4 Å². The summed E-state index contributed by atoms with van der Waals surface area (Å²) in [5.74, 6) is 0.445. The summed E-state index contributed by atoms with van der Waals surface area (Å²) in [5, 5.41) is 15.5. The van der Waals surface area contributed by atoms with Gasteiger partial charge in [-0.05, 0) is 29.2 Å². The van der Waals surface area contributed by atoms with E-state index in [4.69, 9.17) is 21.2 Å². The number of hydrogen-bond acceptors (Lipinski definition) is 5. The minimum atomic E-state index is -0.571. The van der Waals surface area contributed by atoms with Gasteiger partial charge in [-0.1, -0.05) is 73.1 Å². The number of aliphatic hydroxyl groups is 1. The Hall–Kier alpha value is -1.92. The molecule has 2 atom stereocenters. The van der Waals surface area contributed by atoms with E-state index in [2.05, 4.69) is 23.9 Å². The third-order valence-corrected chi connectivity index (χ3v) is 5.06. The van der Waals surface area contributed by atoms with Crippen LogP contribution in [0.5, 0.6) is 0 Å². The van der Waals surface area contributed by atoms with Crippen LogP contribution >= 0.6 is 11.6 Å². The number of benzene rings is 2. The molecule has 1 heterocycles. The molecule has 0 fully saturated rings. The van der Waals surface area contributed by atoms with Gasteiger partial charge < -0.3 is 14.7 Å². The summed E-state index contributed by atoms with van der Waals surface area (Å²) in [6.45, 7) is 6.98. The van der Waals surface area contributed by atoms with Crippen LogP contribution in [0.4, 0.5) is 0 Å². The number of rotatable bonds is 11. The van der Waals surface area contributed by atoms with Gasteiger partial charge in [-0.15, -0.1) is 0 Å². The average molecular weight is 431 g/mol. The maximum Gasteiger partial charge on any atom is 0.145 e. The lowest BCUT2D eigenvalue weighted by atomic mass is 10.0. The molecular formula is C24H31ClN2O3. The Labute approximate surface area is 184 Å². The lowest BCUT2D eigenvalue weighted by Gasteiger charge is -2.27. The molecule has 0 amide bonds. The number of halogens is 1. The van der Waals surface area contributed by atoms with Gasteiger partial charge in [-0.2, -0.15) is 0 Å². The molecular weight excluding hydrogens is 400 g/mol. The fourth-order valence-electron chi connectivity index (χ4n) is 3.50. The van der Waals surface area contributed by atoms with Crippen molar-refractivity contribution in [3.63, 3.8) is 0 Å². The maximum atomic E-state index is 10.5. The van der Waals surface area contributed by atoms with Crippen molar-refractivity contribution < 1.29 is 14.7 Å². The second-order valence-electron chi connectivity index (χ2n) is 8.24. The van der Waals surface area contributed by atoms with E-state index in [9.17, 15) is 5.11 Å². The lowest BCUT2D eigenvalue weighted by molar-refractivity contribution is -0.00734. The number of hydrogen-bond donors (Lipinski definition) is 1. The second kappa shape index (κ2) is 11.5. The molecule has 1 N–H and O–H groups in total. The van der Waals surface area contributed by atoms with Crippen LogP contribution in [0.15, 0.2) is 59.8 Å². The first-order valence-corrected chi connectivity index (χ1v) is 10.9. The highest BCUT2D eigenvalue weighted by atomic mass is 35.5. The van der Waals surface area contributed by atoms with Crippen LogP contribution in [-0.4, -0.2) is 54.2 Å². The van der Waals surface area contributed by atoms with Gasteiger partial charge in [-0.3, -0.25) is 4.90 Å². The van der Waals surface area contributed by atoms with E-state index in [-0.39, 0.29) is 6.10 Å². The fourth-order valence-corrected chi connectivity index (χ4v) is 3.72. The standard InChI is InChI=1S/C24H31ClN2O3/c1-18(2)16-29-17-22(28)14-27(13-19-7-6-10-21(25)11-19)15-23-12-24(26-30-23)20-8-4-3-5-9-20/h3-11,18,22-23,28H,12-17H2,1-2H3/t22-,23+/m0/s1. The van der Waals surface area contributed by atoms with Crippen molar-refractivity contribution in [2.45, 2.75) is 39.0 Å². The summed E-state index contributed by atoms with van der Waals surface area (Å²) in [6, 6.07) is 17.9. The molecule has 2 aromatic carbocycles. The Morgan fingerprint density at radius 1 is 1.17 bits per heavy atom. The molecule has 0 saturated carbocycles. The van der Waals surface area contributed by atoms with E-state index >= 15 is 0 Å². The molecule has 30 heavy (non-hydrogen) atoms. The van der Waals surface area contributed by atoms with Crippen LogP contribution < -0.4 is 0 Å². The van der Waals surface area contributed by atoms with Gasteiger partial charge in [0, 0.05) is 37.7 Å². The molecule has 2 aromatic rings. The monoisotopic (exact) mass is 430 g/mol. The summed E-state index contributed by atoms with van der Waals surface area (Å²) in [4.78, 5) is 7.90. The van der Waals surface area contributed by atoms with E-state index in [0.717, 1.165) is 23.3 Å². The molecule has 0 bridgehead atoms. The average Bonchev–Trinajstić information content (AvgIpc) is 3.17. The lowest BCUT2D eigenvalue weighted by Crippen LogP contribution is -2.39. The first-order chi connectivity index (χ1) is 14.5. The highest BCUT2D eigenvalue weighted by molar-refractivity contribution is 6.30. The van der Waals surface area contributed by atoms with Crippen molar-refractivity contribution in [2.24, 2.45) is 11.1 Å².